The summed E-state index contributed by atoms with van der Waals surface area (Å²) in [5, 5.41) is 6.57. The summed E-state index contributed by atoms with van der Waals surface area (Å²) in [6.07, 6.45) is 4.03. The number of aryl methyl sites for hydroxylation is 1. The summed E-state index contributed by atoms with van der Waals surface area (Å²) in [7, 11) is 1.56. The van der Waals surface area contributed by atoms with Gasteiger partial charge in [0.1, 0.15) is 22.9 Å². The van der Waals surface area contributed by atoms with Crippen molar-refractivity contribution in [2.45, 2.75) is 31.7 Å². The molecule has 0 spiro atoms. The average Bonchev–Trinajstić information content (AvgIpc) is 3.80. The van der Waals surface area contributed by atoms with Crippen molar-refractivity contribution in [2.75, 3.05) is 13.7 Å². The van der Waals surface area contributed by atoms with Crippen LogP contribution in [0.5, 0.6) is 5.75 Å². The third-order valence-electron chi connectivity index (χ3n) is 8.88. The van der Waals surface area contributed by atoms with E-state index in [1.54, 1.807) is 25.4 Å². The molecule has 48 heavy (non-hydrogen) atoms. The van der Waals surface area contributed by atoms with E-state index in [4.69, 9.17) is 9.15 Å². The molecule has 7 nitrogen and oxygen atoms in total. The van der Waals surface area contributed by atoms with Gasteiger partial charge in [-0.2, -0.15) is 0 Å². The lowest BCUT2D eigenvalue weighted by molar-refractivity contribution is 0.0924. The van der Waals surface area contributed by atoms with Crippen molar-refractivity contribution in [2.24, 2.45) is 0 Å². The normalized spacial score (nSPS) is 13.2. The van der Waals surface area contributed by atoms with Gasteiger partial charge in [0, 0.05) is 30.6 Å². The number of pyridine rings is 1. The number of carbonyl (C=O) groups excluding carboxylic acids is 2. The molecular formula is C40H34FN3O4. The Labute approximate surface area is 277 Å². The minimum absolute atomic E-state index is 0.247. The van der Waals surface area contributed by atoms with E-state index >= 15 is 0 Å². The second-order valence-electron chi connectivity index (χ2n) is 12.1. The molecule has 6 aromatic rings. The first kappa shape index (κ1) is 30.9. The lowest BCUT2D eigenvalue weighted by Crippen LogP contribution is -2.35. The predicted octanol–water partition coefficient (Wildman–Crippen LogP) is 8.01. The van der Waals surface area contributed by atoms with Gasteiger partial charge in [0.2, 0.25) is 0 Å². The van der Waals surface area contributed by atoms with E-state index in [9.17, 15) is 14.0 Å². The highest BCUT2D eigenvalue weighted by molar-refractivity contribution is 6.12. The van der Waals surface area contributed by atoms with E-state index in [0.717, 1.165) is 40.8 Å². The maximum Gasteiger partial charge on any atom is 0.255 e. The smallest absolute Gasteiger partial charge is 0.255 e. The molecule has 240 valence electrons. The molecule has 8 heteroatoms. The Kier molecular flexibility index (Phi) is 8.23. The molecule has 2 heterocycles. The Balaban J connectivity index is 1.28. The summed E-state index contributed by atoms with van der Waals surface area (Å²) >= 11 is 0. The van der Waals surface area contributed by atoms with Gasteiger partial charge in [-0.15, -0.1) is 0 Å². The Morgan fingerprint density at radius 1 is 0.896 bits per heavy atom. The molecule has 0 aliphatic heterocycles. The molecule has 0 unspecified atom stereocenters. The largest absolute Gasteiger partial charge is 0.492 e. The quantitative estimate of drug-likeness (QED) is 0.158. The van der Waals surface area contributed by atoms with Gasteiger partial charge in [0.15, 0.2) is 0 Å². The lowest BCUT2D eigenvalue weighted by atomic mass is 9.94. The Morgan fingerprint density at radius 2 is 1.65 bits per heavy atom. The fourth-order valence-corrected chi connectivity index (χ4v) is 6.13. The molecule has 2 amide bonds. The highest BCUT2D eigenvalue weighted by Gasteiger charge is 2.47. The number of nitrogens with zero attached hydrogens (tertiary/aromatic N) is 1. The van der Waals surface area contributed by atoms with Crippen LogP contribution in [0.15, 0.2) is 114 Å². The highest BCUT2D eigenvalue weighted by atomic mass is 19.1. The molecule has 1 saturated carbocycles. The molecule has 4 aromatic carbocycles. The van der Waals surface area contributed by atoms with Crippen molar-refractivity contribution < 1.29 is 23.1 Å². The first-order chi connectivity index (χ1) is 23.3. The van der Waals surface area contributed by atoms with E-state index in [1.165, 1.54) is 12.1 Å². The van der Waals surface area contributed by atoms with Crippen molar-refractivity contribution in [3.63, 3.8) is 0 Å². The molecule has 2 aromatic heterocycles. The fourth-order valence-electron chi connectivity index (χ4n) is 6.13. The van der Waals surface area contributed by atoms with Crippen molar-refractivity contribution in [3.8, 4) is 28.2 Å². The maximum atomic E-state index is 14.1. The summed E-state index contributed by atoms with van der Waals surface area (Å²) in [6, 6.07) is 31.0. The molecule has 7 rings (SSSR count). The van der Waals surface area contributed by atoms with Crippen LogP contribution in [0.2, 0.25) is 0 Å². The number of furan rings is 1. The van der Waals surface area contributed by atoms with Gasteiger partial charge >= 0.3 is 0 Å². The SMILES string of the molecule is CNC(=O)c1c(-c2ccc(F)cc2)oc2ccc(-c3cc(C(=O)NC4(c5ccccn5)CC4)c(OCCc4ccccc4)cc3C)cc12. The van der Waals surface area contributed by atoms with Gasteiger partial charge < -0.3 is 19.8 Å². The first-order valence-electron chi connectivity index (χ1n) is 16.0. The van der Waals surface area contributed by atoms with E-state index in [0.29, 0.717) is 52.2 Å². The zero-order valence-electron chi connectivity index (χ0n) is 26.7. The van der Waals surface area contributed by atoms with Crippen molar-refractivity contribution in [1.29, 1.82) is 0 Å². The van der Waals surface area contributed by atoms with Crippen molar-refractivity contribution >= 4 is 22.8 Å². The highest BCUT2D eigenvalue weighted by Crippen LogP contribution is 2.45. The van der Waals surface area contributed by atoms with E-state index in [1.807, 2.05) is 73.7 Å². The summed E-state index contributed by atoms with van der Waals surface area (Å²) in [6.45, 7) is 2.37. The second-order valence-corrected chi connectivity index (χ2v) is 12.1. The first-order valence-corrected chi connectivity index (χ1v) is 16.0. The molecule has 0 radical (unpaired) electrons. The number of aromatic nitrogens is 1. The Hall–Kier alpha value is -5.76. The van der Waals surface area contributed by atoms with E-state index in [-0.39, 0.29) is 17.6 Å². The number of amides is 2. The van der Waals surface area contributed by atoms with Gasteiger partial charge in [0.25, 0.3) is 11.8 Å². The number of hydrogen-bond donors (Lipinski definition) is 2. The van der Waals surface area contributed by atoms with Crippen LogP contribution in [-0.2, 0) is 12.0 Å². The van der Waals surface area contributed by atoms with Crippen molar-refractivity contribution in [1.82, 2.24) is 15.6 Å². The predicted molar refractivity (Wildman–Crippen MR) is 183 cm³/mol. The van der Waals surface area contributed by atoms with Crippen LogP contribution in [0, 0.1) is 12.7 Å². The number of fused-ring (bicyclic) bond motifs is 1. The van der Waals surface area contributed by atoms with Crippen LogP contribution >= 0.6 is 0 Å². The van der Waals surface area contributed by atoms with Crippen LogP contribution in [-0.4, -0.2) is 30.5 Å². The summed E-state index contributed by atoms with van der Waals surface area (Å²) in [5.41, 5.74) is 5.83. The summed E-state index contributed by atoms with van der Waals surface area (Å²) in [5.74, 6) is -0.106. The van der Waals surface area contributed by atoms with Crippen LogP contribution in [0.3, 0.4) is 0 Å². The minimum atomic E-state index is -0.514. The maximum absolute atomic E-state index is 14.1. The van der Waals surface area contributed by atoms with Gasteiger partial charge in [-0.05, 0) is 103 Å². The minimum Gasteiger partial charge on any atom is -0.492 e. The zero-order chi connectivity index (χ0) is 33.3. The monoisotopic (exact) mass is 639 g/mol. The number of rotatable bonds is 10. The van der Waals surface area contributed by atoms with E-state index < -0.39 is 5.54 Å². The lowest BCUT2D eigenvalue weighted by Gasteiger charge is -2.20. The van der Waals surface area contributed by atoms with Crippen LogP contribution in [0.25, 0.3) is 33.4 Å². The van der Waals surface area contributed by atoms with Crippen molar-refractivity contribution in [3.05, 3.63) is 143 Å². The number of carbonyl (C=O) groups is 2. The molecule has 2 N–H and O–H groups in total. The number of halogens is 1. The number of ether oxygens (including phenoxy) is 1. The summed E-state index contributed by atoms with van der Waals surface area (Å²) in [4.78, 5) is 31.8. The average molecular weight is 640 g/mol. The Morgan fingerprint density at radius 3 is 2.35 bits per heavy atom. The van der Waals surface area contributed by atoms with Gasteiger partial charge in [-0.25, -0.2) is 4.39 Å². The zero-order valence-corrected chi connectivity index (χ0v) is 26.7. The number of benzene rings is 4. The third kappa shape index (κ3) is 6.05. The standard InChI is InChI=1S/C40H34FN3O4/c1-25-22-34(47-21-17-26-8-4-3-5-9-26)32(38(45)44-40(18-19-40)35-10-6-7-20-43-35)24-30(25)28-13-16-33-31(23-28)36(39(46)42-2)37(48-33)27-11-14-29(41)15-12-27/h3-16,20,22-24H,17-19,21H2,1-2H3,(H,42,46)(H,44,45). The summed E-state index contributed by atoms with van der Waals surface area (Å²) < 4.78 is 26.2. The van der Waals surface area contributed by atoms with Gasteiger partial charge in [-0.3, -0.25) is 14.6 Å². The third-order valence-corrected chi connectivity index (χ3v) is 8.88. The number of nitrogens with one attached hydrogen (secondary N) is 2. The molecule has 0 atom stereocenters. The van der Waals surface area contributed by atoms with E-state index in [2.05, 4.69) is 27.8 Å². The van der Waals surface area contributed by atoms with Crippen LogP contribution < -0.4 is 15.4 Å². The molecule has 1 fully saturated rings. The fraction of sp³-hybridized carbons (Fsp3) is 0.175. The van der Waals surface area contributed by atoms with Crippen LogP contribution in [0.1, 0.15) is 50.4 Å². The molecule has 0 bridgehead atoms. The number of hydrogen-bond acceptors (Lipinski definition) is 5. The molecule has 1 aliphatic carbocycles. The van der Waals surface area contributed by atoms with Gasteiger partial charge in [-0.1, -0.05) is 42.5 Å². The van der Waals surface area contributed by atoms with Gasteiger partial charge in [0.05, 0.1) is 29.0 Å². The van der Waals surface area contributed by atoms with Crippen LogP contribution in [0.4, 0.5) is 4.39 Å². The topological polar surface area (TPSA) is 93.5 Å². The molecular weight excluding hydrogens is 605 g/mol. The molecule has 1 aliphatic rings. The second kappa shape index (κ2) is 12.8. The molecule has 0 saturated heterocycles. The Bertz CT molecular complexity index is 2120.